The van der Waals surface area contributed by atoms with Crippen LogP contribution in [0.1, 0.15) is 41.8 Å². The number of carbonyl (C=O) groups is 3. The number of nitrogens with one attached hydrogen (secondary N) is 3. The van der Waals surface area contributed by atoms with E-state index in [4.69, 9.17) is 4.42 Å². The summed E-state index contributed by atoms with van der Waals surface area (Å²) < 4.78 is 5.17. The van der Waals surface area contributed by atoms with Gasteiger partial charge in [0.2, 0.25) is 0 Å². The van der Waals surface area contributed by atoms with Crippen LogP contribution in [0.5, 0.6) is 0 Å². The van der Waals surface area contributed by atoms with Crippen molar-refractivity contribution in [2.75, 3.05) is 5.32 Å². The van der Waals surface area contributed by atoms with Gasteiger partial charge in [-0.25, -0.2) is 0 Å². The lowest BCUT2D eigenvalue weighted by Crippen LogP contribution is -2.40. The average molecular weight is 355 g/mol. The molecule has 0 bridgehead atoms. The number of carbonyl (C=O) groups excluding carboxylic acids is 3. The molecule has 2 aromatic rings. The highest BCUT2D eigenvalue weighted by molar-refractivity contribution is 6.40. The largest absolute Gasteiger partial charge is 0.467 e. The number of hydrogen-bond donors (Lipinski definition) is 3. The summed E-state index contributed by atoms with van der Waals surface area (Å²) in [6.45, 7) is 0.232. The zero-order valence-electron chi connectivity index (χ0n) is 14.3. The number of furan rings is 1. The molecule has 136 valence electrons. The van der Waals surface area contributed by atoms with Crippen molar-refractivity contribution in [1.29, 1.82) is 0 Å². The maximum atomic E-state index is 12.4. The molecule has 1 fully saturated rings. The van der Waals surface area contributed by atoms with Gasteiger partial charge in [-0.05, 0) is 37.1 Å². The fourth-order valence-electron chi connectivity index (χ4n) is 2.97. The van der Waals surface area contributed by atoms with E-state index in [1.807, 2.05) is 0 Å². The summed E-state index contributed by atoms with van der Waals surface area (Å²) in [7, 11) is 0. The number of para-hydroxylation sites is 1. The molecule has 7 nitrogen and oxygen atoms in total. The molecule has 3 amide bonds. The third kappa shape index (κ3) is 4.50. The third-order valence-electron chi connectivity index (χ3n) is 4.32. The molecule has 3 N–H and O–H groups in total. The molecule has 0 spiro atoms. The molecular formula is C19H21N3O4. The van der Waals surface area contributed by atoms with Crippen LogP contribution in [0.3, 0.4) is 0 Å². The lowest BCUT2D eigenvalue weighted by Gasteiger charge is -2.13. The highest BCUT2D eigenvalue weighted by atomic mass is 16.3. The Balaban J connectivity index is 1.61. The Kier molecular flexibility index (Phi) is 5.68. The van der Waals surface area contributed by atoms with E-state index in [1.54, 1.807) is 36.4 Å². The molecule has 3 rings (SSSR count). The molecule has 0 unspecified atom stereocenters. The van der Waals surface area contributed by atoms with Crippen LogP contribution in [0, 0.1) is 0 Å². The van der Waals surface area contributed by atoms with Crippen LogP contribution >= 0.6 is 0 Å². The minimum Gasteiger partial charge on any atom is -0.467 e. The van der Waals surface area contributed by atoms with E-state index in [-0.39, 0.29) is 29.7 Å². The van der Waals surface area contributed by atoms with Crippen molar-refractivity contribution in [2.24, 2.45) is 0 Å². The summed E-state index contributed by atoms with van der Waals surface area (Å²) in [5.74, 6) is -1.20. The summed E-state index contributed by atoms with van der Waals surface area (Å²) in [4.78, 5) is 36.6. The summed E-state index contributed by atoms with van der Waals surface area (Å²) in [6, 6.07) is 10.1. The molecule has 7 heteroatoms. The van der Waals surface area contributed by atoms with Crippen LogP contribution < -0.4 is 16.0 Å². The molecule has 0 radical (unpaired) electrons. The second kappa shape index (κ2) is 8.33. The second-order valence-electron chi connectivity index (χ2n) is 6.22. The monoisotopic (exact) mass is 355 g/mol. The molecule has 0 atom stereocenters. The van der Waals surface area contributed by atoms with Gasteiger partial charge in [-0.15, -0.1) is 0 Å². The minimum absolute atomic E-state index is 0.0556. The fourth-order valence-corrected chi connectivity index (χ4v) is 2.97. The summed E-state index contributed by atoms with van der Waals surface area (Å²) in [5.41, 5.74) is 0.567. The van der Waals surface area contributed by atoms with Crippen molar-refractivity contribution < 1.29 is 18.8 Å². The Morgan fingerprint density at radius 1 is 1.00 bits per heavy atom. The highest BCUT2D eigenvalue weighted by Crippen LogP contribution is 2.18. The SMILES string of the molecule is O=C(Nc1ccccc1C(=O)NCc1ccco1)C(=O)NC1CCCC1. The Bertz CT molecular complexity index is 780. The highest BCUT2D eigenvalue weighted by Gasteiger charge is 2.22. The van der Waals surface area contributed by atoms with Crippen LogP contribution in [0.25, 0.3) is 0 Å². The lowest BCUT2D eigenvalue weighted by molar-refractivity contribution is -0.136. The first-order valence-electron chi connectivity index (χ1n) is 8.65. The topological polar surface area (TPSA) is 100 Å². The summed E-state index contributed by atoms with van der Waals surface area (Å²) >= 11 is 0. The van der Waals surface area contributed by atoms with Crippen LogP contribution in [0.15, 0.2) is 47.1 Å². The number of amides is 3. The molecule has 1 saturated carbocycles. The second-order valence-corrected chi connectivity index (χ2v) is 6.22. The normalized spacial score (nSPS) is 14.0. The number of hydrogen-bond acceptors (Lipinski definition) is 4. The zero-order valence-corrected chi connectivity index (χ0v) is 14.3. The minimum atomic E-state index is -0.775. The van der Waals surface area contributed by atoms with E-state index in [0.29, 0.717) is 5.76 Å². The third-order valence-corrected chi connectivity index (χ3v) is 4.32. The van der Waals surface area contributed by atoms with Crippen molar-refractivity contribution >= 4 is 23.4 Å². The first-order valence-corrected chi connectivity index (χ1v) is 8.65. The van der Waals surface area contributed by atoms with Crippen LogP contribution in [0.2, 0.25) is 0 Å². The van der Waals surface area contributed by atoms with E-state index >= 15 is 0 Å². The standard InChI is InChI=1S/C19H21N3O4/c23-17(20-12-14-8-5-11-26-14)15-9-3-4-10-16(15)22-19(25)18(24)21-13-6-1-2-7-13/h3-5,8-11,13H,1-2,6-7,12H2,(H,20,23)(H,21,24)(H,22,25). The van der Waals surface area contributed by atoms with Crippen molar-refractivity contribution in [3.8, 4) is 0 Å². The number of rotatable bonds is 5. The maximum Gasteiger partial charge on any atom is 0.313 e. The Labute approximate surface area is 151 Å². The molecule has 1 aliphatic rings. The smallest absolute Gasteiger partial charge is 0.313 e. The van der Waals surface area contributed by atoms with Gasteiger partial charge in [0.1, 0.15) is 5.76 Å². The molecule has 0 aliphatic heterocycles. The van der Waals surface area contributed by atoms with Gasteiger partial charge in [-0.2, -0.15) is 0 Å². The van der Waals surface area contributed by atoms with Crippen LogP contribution in [-0.2, 0) is 16.1 Å². The predicted octanol–water partition coefficient (Wildman–Crippen LogP) is 2.21. The molecule has 1 aromatic carbocycles. The van der Waals surface area contributed by atoms with Gasteiger partial charge in [0.15, 0.2) is 0 Å². The first-order chi connectivity index (χ1) is 12.6. The van der Waals surface area contributed by atoms with Gasteiger partial charge in [0.25, 0.3) is 5.91 Å². The first kappa shape index (κ1) is 17.7. The summed E-state index contributed by atoms with van der Waals surface area (Å²) in [5, 5.41) is 7.97. The van der Waals surface area contributed by atoms with Crippen molar-refractivity contribution in [1.82, 2.24) is 10.6 Å². The van der Waals surface area contributed by atoms with Crippen molar-refractivity contribution in [3.63, 3.8) is 0 Å². The predicted molar refractivity (Wildman–Crippen MR) is 95.3 cm³/mol. The van der Waals surface area contributed by atoms with Gasteiger partial charge in [0, 0.05) is 6.04 Å². The van der Waals surface area contributed by atoms with Gasteiger partial charge < -0.3 is 20.4 Å². The van der Waals surface area contributed by atoms with Crippen molar-refractivity contribution in [3.05, 3.63) is 54.0 Å². The van der Waals surface area contributed by atoms with E-state index < -0.39 is 11.8 Å². The molecule has 1 heterocycles. The van der Waals surface area contributed by atoms with Gasteiger partial charge in [0.05, 0.1) is 24.1 Å². The maximum absolute atomic E-state index is 12.4. The zero-order chi connectivity index (χ0) is 18.4. The fraction of sp³-hybridized carbons (Fsp3) is 0.316. The van der Waals surface area contributed by atoms with E-state index in [0.717, 1.165) is 25.7 Å². The average Bonchev–Trinajstić information content (AvgIpc) is 3.34. The Hall–Kier alpha value is -3.09. The van der Waals surface area contributed by atoms with Crippen molar-refractivity contribution in [2.45, 2.75) is 38.3 Å². The number of anilines is 1. The summed E-state index contributed by atoms with van der Waals surface area (Å²) in [6.07, 6.45) is 5.44. The Morgan fingerprint density at radius 2 is 1.77 bits per heavy atom. The van der Waals surface area contributed by atoms with Crippen LogP contribution in [-0.4, -0.2) is 23.8 Å². The molecule has 1 aromatic heterocycles. The number of benzene rings is 1. The quantitative estimate of drug-likeness (QED) is 0.716. The van der Waals surface area contributed by atoms with E-state index in [1.165, 1.54) is 6.26 Å². The van der Waals surface area contributed by atoms with Crippen LogP contribution in [0.4, 0.5) is 5.69 Å². The molecule has 1 aliphatic carbocycles. The van der Waals surface area contributed by atoms with Gasteiger partial charge in [-0.1, -0.05) is 25.0 Å². The molecule has 0 saturated heterocycles. The van der Waals surface area contributed by atoms with Gasteiger partial charge >= 0.3 is 11.8 Å². The molecular weight excluding hydrogens is 334 g/mol. The van der Waals surface area contributed by atoms with E-state index in [9.17, 15) is 14.4 Å². The Morgan fingerprint density at radius 3 is 2.50 bits per heavy atom. The lowest BCUT2D eigenvalue weighted by atomic mass is 10.1. The van der Waals surface area contributed by atoms with Gasteiger partial charge in [-0.3, -0.25) is 14.4 Å². The van der Waals surface area contributed by atoms with E-state index in [2.05, 4.69) is 16.0 Å². The molecule has 26 heavy (non-hydrogen) atoms.